The molecule has 0 spiro atoms. The van der Waals surface area contributed by atoms with Gasteiger partial charge in [0.2, 0.25) is 17.8 Å². The Labute approximate surface area is 316 Å². The highest BCUT2D eigenvalue weighted by Crippen LogP contribution is 2.31. The van der Waals surface area contributed by atoms with Crippen molar-refractivity contribution < 1.29 is 23.6 Å². The van der Waals surface area contributed by atoms with Crippen molar-refractivity contribution >= 4 is 46.6 Å². The number of benzene rings is 3. The number of hydrogen-bond donors (Lipinski definition) is 3. The Balaban J connectivity index is 0.849. The molecule has 0 bridgehead atoms. The standard InChI is InChI=1S/C41H38FN9O4/c1-25-4-7-30(21-34(25)47-41-44-14-12-33(46-41)28-3-2-13-43-22-28)45-38(53)27-5-8-31(9-6-27)50-17-15-49(16-18-50)23-26-19-29-24-51(40(55)37(29)32(42)20-26)35-10-11-36(52)48-39(35)54/h2-9,12-14,19-22,35H,10-11,15-18,23-24H2,1H3,(H,45,53)(H,44,46,47)(H,48,52,54). The number of hydrogen-bond acceptors (Lipinski definition) is 10. The van der Waals surface area contributed by atoms with Crippen LogP contribution in [-0.4, -0.2) is 80.6 Å². The summed E-state index contributed by atoms with van der Waals surface area (Å²) in [5, 5.41) is 8.55. The van der Waals surface area contributed by atoms with E-state index in [1.54, 1.807) is 18.6 Å². The van der Waals surface area contributed by atoms with Gasteiger partial charge in [-0.05, 0) is 90.7 Å². The Morgan fingerprint density at radius 1 is 0.964 bits per heavy atom. The number of pyridine rings is 1. The predicted octanol–water partition coefficient (Wildman–Crippen LogP) is 5.07. The number of rotatable bonds is 9. The highest BCUT2D eigenvalue weighted by molar-refractivity contribution is 6.06. The summed E-state index contributed by atoms with van der Waals surface area (Å²) < 4.78 is 15.3. The van der Waals surface area contributed by atoms with E-state index in [4.69, 9.17) is 0 Å². The maximum atomic E-state index is 15.3. The van der Waals surface area contributed by atoms with E-state index in [1.165, 1.54) is 11.0 Å². The summed E-state index contributed by atoms with van der Waals surface area (Å²) in [6.45, 7) is 5.59. The van der Waals surface area contributed by atoms with Crippen molar-refractivity contribution in [2.45, 2.75) is 38.9 Å². The smallest absolute Gasteiger partial charge is 0.258 e. The number of piperazine rings is 1. The summed E-state index contributed by atoms with van der Waals surface area (Å²) in [6.07, 6.45) is 5.52. The summed E-state index contributed by atoms with van der Waals surface area (Å²) in [4.78, 5) is 69.3. The van der Waals surface area contributed by atoms with Gasteiger partial charge in [0.05, 0.1) is 11.3 Å². The average Bonchev–Trinajstić information content (AvgIpc) is 3.52. The van der Waals surface area contributed by atoms with E-state index in [-0.39, 0.29) is 36.8 Å². The third kappa shape index (κ3) is 7.62. The van der Waals surface area contributed by atoms with Crippen LogP contribution in [0.3, 0.4) is 0 Å². The first-order chi connectivity index (χ1) is 26.7. The molecule has 1 atom stereocenters. The molecule has 0 saturated carbocycles. The van der Waals surface area contributed by atoms with Crippen LogP contribution in [0.15, 0.2) is 91.4 Å². The molecule has 4 amide bonds. The fraction of sp³-hybridized carbons (Fsp3) is 0.244. The van der Waals surface area contributed by atoms with Gasteiger partial charge in [0, 0.05) is 92.5 Å². The minimum Gasteiger partial charge on any atom is -0.369 e. The maximum absolute atomic E-state index is 15.3. The SMILES string of the molecule is Cc1ccc(NC(=O)c2ccc(N3CCN(Cc4cc(F)c5c(c4)CN(C4CCC(=O)NC4=O)C5=O)CC3)cc2)cc1Nc1nccc(-c2cccnc2)n1. The molecule has 3 aliphatic rings. The maximum Gasteiger partial charge on any atom is 0.258 e. The number of aryl methyl sites for hydroxylation is 1. The first-order valence-corrected chi connectivity index (χ1v) is 18.1. The molecular weight excluding hydrogens is 702 g/mol. The van der Waals surface area contributed by atoms with Crippen LogP contribution in [0.2, 0.25) is 0 Å². The molecule has 2 fully saturated rings. The van der Waals surface area contributed by atoms with Crippen molar-refractivity contribution in [3.05, 3.63) is 125 Å². The van der Waals surface area contributed by atoms with Crippen LogP contribution < -0.4 is 20.9 Å². The van der Waals surface area contributed by atoms with Crippen LogP contribution in [0.5, 0.6) is 0 Å². The second kappa shape index (κ2) is 15.1. The molecule has 5 heterocycles. The van der Waals surface area contributed by atoms with E-state index >= 15 is 4.39 Å². The van der Waals surface area contributed by atoms with Crippen LogP contribution in [0, 0.1) is 12.7 Å². The van der Waals surface area contributed by atoms with Gasteiger partial charge in [-0.3, -0.25) is 34.4 Å². The van der Waals surface area contributed by atoms with Gasteiger partial charge in [-0.1, -0.05) is 12.1 Å². The molecule has 0 aliphatic carbocycles. The minimum absolute atomic E-state index is 0.00487. The first kappa shape index (κ1) is 35.5. The Morgan fingerprint density at radius 2 is 1.78 bits per heavy atom. The van der Waals surface area contributed by atoms with Gasteiger partial charge in [-0.25, -0.2) is 14.4 Å². The van der Waals surface area contributed by atoms with Gasteiger partial charge >= 0.3 is 0 Å². The summed E-state index contributed by atoms with van der Waals surface area (Å²) >= 11 is 0. The van der Waals surface area contributed by atoms with Crippen molar-refractivity contribution in [2.75, 3.05) is 41.7 Å². The molecule has 3 N–H and O–H groups in total. The fourth-order valence-corrected chi connectivity index (χ4v) is 7.31. The highest BCUT2D eigenvalue weighted by atomic mass is 19.1. The molecule has 1 unspecified atom stereocenters. The lowest BCUT2D eigenvalue weighted by Crippen LogP contribution is -2.52. The number of amides is 4. The number of carbonyl (C=O) groups is 4. The molecule has 13 nitrogen and oxygen atoms in total. The Bertz CT molecular complexity index is 2300. The molecule has 5 aromatic rings. The molecule has 3 aliphatic heterocycles. The van der Waals surface area contributed by atoms with Crippen molar-refractivity contribution in [1.29, 1.82) is 0 Å². The van der Waals surface area contributed by atoms with Gasteiger partial charge < -0.3 is 20.4 Å². The molecule has 14 heteroatoms. The average molecular weight is 740 g/mol. The number of nitrogens with zero attached hydrogens (tertiary/aromatic N) is 6. The summed E-state index contributed by atoms with van der Waals surface area (Å²) in [5.74, 6) is -1.79. The van der Waals surface area contributed by atoms with E-state index in [0.717, 1.165) is 59.9 Å². The van der Waals surface area contributed by atoms with E-state index in [0.29, 0.717) is 29.3 Å². The Morgan fingerprint density at radius 3 is 2.55 bits per heavy atom. The van der Waals surface area contributed by atoms with E-state index in [2.05, 4.69) is 40.7 Å². The third-order valence-electron chi connectivity index (χ3n) is 10.3. The zero-order chi connectivity index (χ0) is 38.1. The first-order valence-electron chi connectivity index (χ1n) is 18.1. The van der Waals surface area contributed by atoms with Crippen LogP contribution >= 0.6 is 0 Å². The number of fused-ring (bicyclic) bond motifs is 1. The Kier molecular flexibility index (Phi) is 9.72. The lowest BCUT2D eigenvalue weighted by atomic mass is 10.0. The fourth-order valence-electron chi connectivity index (χ4n) is 7.31. The molecule has 8 rings (SSSR count). The normalized spacial score (nSPS) is 17.2. The van der Waals surface area contributed by atoms with Gasteiger partial charge in [0.1, 0.15) is 11.9 Å². The van der Waals surface area contributed by atoms with Crippen LogP contribution in [0.25, 0.3) is 11.3 Å². The molecule has 3 aromatic carbocycles. The minimum atomic E-state index is -0.787. The number of piperidine rings is 1. The molecule has 2 aromatic heterocycles. The van der Waals surface area contributed by atoms with Gasteiger partial charge in [-0.2, -0.15) is 0 Å². The monoisotopic (exact) mass is 739 g/mol. The molecule has 55 heavy (non-hydrogen) atoms. The van der Waals surface area contributed by atoms with Crippen LogP contribution in [-0.2, 0) is 22.7 Å². The Hall–Kier alpha value is -6.54. The van der Waals surface area contributed by atoms with Crippen molar-refractivity contribution in [1.82, 2.24) is 30.1 Å². The summed E-state index contributed by atoms with van der Waals surface area (Å²) in [5.41, 5.74) is 6.84. The van der Waals surface area contributed by atoms with Crippen molar-refractivity contribution in [2.24, 2.45) is 0 Å². The molecular formula is C41H38FN9O4. The van der Waals surface area contributed by atoms with E-state index in [9.17, 15) is 19.2 Å². The second-order valence-corrected chi connectivity index (χ2v) is 13.9. The van der Waals surface area contributed by atoms with Crippen molar-refractivity contribution in [3.63, 3.8) is 0 Å². The van der Waals surface area contributed by atoms with E-state index < -0.39 is 23.7 Å². The number of halogens is 1. The zero-order valence-corrected chi connectivity index (χ0v) is 30.1. The van der Waals surface area contributed by atoms with Crippen LogP contribution in [0.1, 0.15) is 50.2 Å². The number of anilines is 4. The second-order valence-electron chi connectivity index (χ2n) is 13.9. The quantitative estimate of drug-likeness (QED) is 0.175. The summed E-state index contributed by atoms with van der Waals surface area (Å²) in [6, 6.07) is 21.2. The number of carbonyl (C=O) groups excluding carboxylic acids is 4. The lowest BCUT2D eigenvalue weighted by Gasteiger charge is -2.36. The lowest BCUT2D eigenvalue weighted by molar-refractivity contribution is -0.136. The predicted molar refractivity (Wildman–Crippen MR) is 204 cm³/mol. The summed E-state index contributed by atoms with van der Waals surface area (Å²) in [7, 11) is 0. The van der Waals surface area contributed by atoms with Gasteiger partial charge in [-0.15, -0.1) is 0 Å². The molecule has 278 valence electrons. The van der Waals surface area contributed by atoms with Crippen LogP contribution in [0.4, 0.5) is 27.4 Å². The largest absolute Gasteiger partial charge is 0.369 e. The topological polar surface area (TPSA) is 153 Å². The zero-order valence-electron chi connectivity index (χ0n) is 30.1. The van der Waals surface area contributed by atoms with Gasteiger partial charge in [0.25, 0.3) is 11.8 Å². The number of nitrogens with one attached hydrogen (secondary N) is 3. The third-order valence-corrected chi connectivity index (χ3v) is 10.3. The number of aromatic nitrogens is 3. The molecule has 0 radical (unpaired) electrons. The molecule has 2 saturated heterocycles. The highest BCUT2D eigenvalue weighted by Gasteiger charge is 2.40. The number of imide groups is 1. The van der Waals surface area contributed by atoms with E-state index in [1.807, 2.05) is 73.7 Å². The van der Waals surface area contributed by atoms with Gasteiger partial charge in [0.15, 0.2) is 0 Å². The van der Waals surface area contributed by atoms with Crippen molar-refractivity contribution in [3.8, 4) is 11.3 Å².